The van der Waals surface area contributed by atoms with Gasteiger partial charge in [0.1, 0.15) is 90.6 Å². The van der Waals surface area contributed by atoms with Crippen LogP contribution in [-0.2, 0) is 112 Å². The summed E-state index contributed by atoms with van der Waals surface area (Å²) in [5.41, 5.74) is 27.1. The van der Waals surface area contributed by atoms with E-state index < -0.39 is 334 Å². The Morgan fingerprint density at radius 1 is 0.356 bits per heavy atom. The molecule has 0 spiro atoms. The van der Waals surface area contributed by atoms with Gasteiger partial charge in [-0.25, -0.2) is 9.78 Å². The predicted molar refractivity (Wildman–Crippen MR) is 401 cm³/mol. The van der Waals surface area contributed by atoms with Crippen LogP contribution in [0.2, 0.25) is 0 Å². The second-order valence-electron chi connectivity index (χ2n) is 28.5. The van der Waals surface area contributed by atoms with Crippen LogP contribution in [0.15, 0.2) is 12.5 Å². The normalized spacial score (nSPS) is 15.5. The number of hydrogen-bond acceptors (Lipinski definition) is 27. The number of imidazole rings is 1. The molecule has 0 aliphatic rings. The molecule has 0 saturated heterocycles. The Labute approximate surface area is 673 Å². The fraction of sp³-hybridized carbons (Fsp3) is 0.632. The number of rotatable bonds is 56. The van der Waals surface area contributed by atoms with Crippen molar-refractivity contribution in [2.24, 2.45) is 46.4 Å². The molecule has 0 radical (unpaired) electrons. The topological polar surface area (TPSA) is 844 Å². The number of hydrogen-bond donors (Lipinski definition) is 27. The molecule has 1 heterocycles. The van der Waals surface area contributed by atoms with Crippen LogP contribution in [-0.4, -0.2) is 285 Å². The minimum Gasteiger partial charge on any atom is -0.481 e. The van der Waals surface area contributed by atoms with Crippen molar-refractivity contribution < 1.29 is 141 Å². The summed E-state index contributed by atoms with van der Waals surface area (Å²) in [4.78, 5) is 296. The van der Waals surface area contributed by atoms with Gasteiger partial charge in [0.25, 0.3) is 0 Å². The highest BCUT2D eigenvalue weighted by atomic mass is 16.4. The van der Waals surface area contributed by atoms with Crippen molar-refractivity contribution >= 4 is 130 Å². The van der Waals surface area contributed by atoms with Gasteiger partial charge in [-0.05, 0) is 70.6 Å². The Morgan fingerprint density at radius 2 is 0.669 bits per heavy atom. The van der Waals surface area contributed by atoms with Crippen LogP contribution in [0.5, 0.6) is 0 Å². The monoisotopic (exact) mass is 1680 g/mol. The number of aliphatic hydroxyl groups is 3. The standard InChI is InChI=1S/C68H109N21O29/c1-26(2)18-38(60(109)83-41(21-46(73)96)62(111)78-35(11-15-44(71)94)59(108)88-53(31(9)92)67(116)87-50(27(3)4)64(113)76-29(7)54(103)85-42(68(117)118)22-49(101)102)84-65(114)51(28(5)6)86-58(107)37(13-17-48(99)100)77-56(105)34(10-14-43(70)93)80-66(115)52(30(8)91)89-63(112)39(19-32-23-74-25-75-32)82-57(106)36(12-16-47(97)98)79-61(110)40(20-45(72)95)81-55(104)33(69)24-90/h23,25-31,33-42,50-53,90-92H,10-22,24,69H2,1-9H3,(H2,70,93)(H2,71,94)(H2,72,95)(H2,73,96)(H,74,75)(H,76,113)(H,77,105)(H,78,111)(H,79,110)(H,80,115)(H,81,104)(H,82,106)(H,83,109)(H,84,114)(H,85,103)(H,86,107)(H,87,116)(H,88,108)(H,89,112)(H,97,98)(H,99,100)(H,101,102)(H,117,118)/t29-,30+,31+,33-,34-,35-,36-,37-,38-,39-,40-,41-,42-,50-,51-,52-,53-/m0/s1. The van der Waals surface area contributed by atoms with Crippen molar-refractivity contribution in [3.63, 3.8) is 0 Å². The molecule has 0 bridgehead atoms. The summed E-state index contributed by atoms with van der Waals surface area (Å²) in [6, 6.07) is -27.7. The highest BCUT2D eigenvalue weighted by Crippen LogP contribution is 2.15. The zero-order valence-corrected chi connectivity index (χ0v) is 66.0. The molecule has 0 aliphatic heterocycles. The van der Waals surface area contributed by atoms with Crippen molar-refractivity contribution in [1.82, 2.24) is 84.4 Å². The number of carboxylic acids is 4. The number of H-pyrrole nitrogens is 1. The number of nitrogens with zero attached hydrogens (tertiary/aromatic N) is 1. The fourth-order valence-corrected chi connectivity index (χ4v) is 10.7. The first-order valence-electron chi connectivity index (χ1n) is 36.8. The molecule has 50 heteroatoms. The molecule has 118 heavy (non-hydrogen) atoms. The van der Waals surface area contributed by atoms with Gasteiger partial charge in [0.05, 0.1) is 50.1 Å². The molecule has 0 aromatic carbocycles. The Kier molecular flexibility index (Phi) is 44.4. The molecule has 660 valence electrons. The van der Waals surface area contributed by atoms with Crippen LogP contribution >= 0.6 is 0 Å². The average molecular weight is 1680 g/mol. The van der Waals surface area contributed by atoms with Gasteiger partial charge in [0.2, 0.25) is 106 Å². The first kappa shape index (κ1) is 103. The van der Waals surface area contributed by atoms with Crippen LogP contribution in [0.25, 0.3) is 0 Å². The van der Waals surface area contributed by atoms with Gasteiger partial charge in [0, 0.05) is 38.3 Å². The lowest BCUT2D eigenvalue weighted by atomic mass is 9.98. The minimum atomic E-state index is -2.13. The van der Waals surface area contributed by atoms with E-state index in [2.05, 4.69) is 79.1 Å². The number of aliphatic carboxylic acids is 4. The largest absolute Gasteiger partial charge is 0.481 e. The van der Waals surface area contributed by atoms with Crippen LogP contribution < -0.4 is 103 Å². The quantitative estimate of drug-likeness (QED) is 0.0288. The summed E-state index contributed by atoms with van der Waals surface area (Å²) < 4.78 is 0. The van der Waals surface area contributed by atoms with E-state index in [1.807, 2.05) is 5.32 Å². The molecule has 17 atom stereocenters. The molecule has 32 N–H and O–H groups in total. The summed E-state index contributed by atoms with van der Waals surface area (Å²) in [5, 5.41) is 99.9. The molecule has 1 aromatic rings. The van der Waals surface area contributed by atoms with E-state index in [4.69, 9.17) is 33.8 Å². The Morgan fingerprint density at radius 3 is 1.03 bits per heavy atom. The Bertz CT molecular complexity index is 3760. The van der Waals surface area contributed by atoms with E-state index in [1.165, 1.54) is 33.9 Å². The summed E-state index contributed by atoms with van der Waals surface area (Å²) in [6.45, 7) is 10.9. The number of aliphatic hydroxyl groups excluding tert-OH is 3. The molecule has 0 fully saturated rings. The Hall–Kier alpha value is -12.6. The maximum Gasteiger partial charge on any atom is 0.326 e. The molecular formula is C68H109N21O29. The zero-order chi connectivity index (χ0) is 90.5. The van der Waals surface area contributed by atoms with Gasteiger partial charge < -0.3 is 144 Å². The second-order valence-corrected chi connectivity index (χ2v) is 28.5. The van der Waals surface area contributed by atoms with Gasteiger partial charge in [-0.15, -0.1) is 0 Å². The lowest BCUT2D eigenvalue weighted by molar-refractivity contribution is -0.147. The maximum atomic E-state index is 14.4. The number of carboxylic acid groups (broad SMARTS) is 4. The Balaban J connectivity index is 3.70. The highest BCUT2D eigenvalue weighted by molar-refractivity contribution is 6.02. The molecule has 0 unspecified atom stereocenters. The fourth-order valence-electron chi connectivity index (χ4n) is 10.7. The van der Waals surface area contributed by atoms with E-state index in [0.29, 0.717) is 0 Å². The van der Waals surface area contributed by atoms with Crippen molar-refractivity contribution in [3.05, 3.63) is 18.2 Å². The summed E-state index contributed by atoms with van der Waals surface area (Å²) in [5.74, 6) is -30.8. The molecular weight excluding hydrogens is 1570 g/mol. The first-order valence-corrected chi connectivity index (χ1v) is 36.8. The number of amides is 18. The third kappa shape index (κ3) is 38.2. The molecule has 0 aliphatic carbocycles. The van der Waals surface area contributed by atoms with Crippen molar-refractivity contribution in [3.8, 4) is 0 Å². The van der Waals surface area contributed by atoms with E-state index in [-0.39, 0.29) is 12.1 Å². The van der Waals surface area contributed by atoms with Gasteiger partial charge in [-0.2, -0.15) is 0 Å². The zero-order valence-electron chi connectivity index (χ0n) is 66.0. The van der Waals surface area contributed by atoms with Crippen LogP contribution in [0.3, 0.4) is 0 Å². The number of nitrogens with one attached hydrogen (secondary N) is 15. The van der Waals surface area contributed by atoms with Gasteiger partial charge >= 0.3 is 23.9 Å². The van der Waals surface area contributed by atoms with Gasteiger partial charge in [-0.3, -0.25) is 101 Å². The minimum absolute atomic E-state index is 0.0422. The van der Waals surface area contributed by atoms with Gasteiger partial charge in [-0.1, -0.05) is 41.5 Å². The highest BCUT2D eigenvalue weighted by Gasteiger charge is 2.41. The lowest BCUT2D eigenvalue weighted by Crippen LogP contribution is -2.63. The van der Waals surface area contributed by atoms with Crippen LogP contribution in [0, 0.1) is 17.8 Å². The van der Waals surface area contributed by atoms with E-state index >= 15 is 0 Å². The molecule has 0 saturated carbocycles. The third-order valence-electron chi connectivity index (χ3n) is 17.1. The van der Waals surface area contributed by atoms with Gasteiger partial charge in [0.15, 0.2) is 0 Å². The number of aromatic amines is 1. The van der Waals surface area contributed by atoms with Crippen LogP contribution in [0.1, 0.15) is 145 Å². The van der Waals surface area contributed by atoms with E-state index in [0.717, 1.165) is 27.1 Å². The maximum absolute atomic E-state index is 14.4. The second kappa shape index (κ2) is 50.7. The summed E-state index contributed by atoms with van der Waals surface area (Å²) in [7, 11) is 0. The average Bonchev–Trinajstić information content (AvgIpc) is 1.22. The summed E-state index contributed by atoms with van der Waals surface area (Å²) in [6.07, 6.45) is -11.1. The molecule has 1 aromatic heterocycles. The number of carbonyl (C=O) groups is 22. The van der Waals surface area contributed by atoms with E-state index in [1.54, 1.807) is 13.8 Å². The number of primary amides is 4. The molecule has 18 amide bonds. The third-order valence-corrected chi connectivity index (χ3v) is 17.1. The number of aromatic nitrogens is 2. The summed E-state index contributed by atoms with van der Waals surface area (Å²) >= 11 is 0. The van der Waals surface area contributed by atoms with Crippen LogP contribution in [0.4, 0.5) is 0 Å². The van der Waals surface area contributed by atoms with Crippen molar-refractivity contribution in [1.29, 1.82) is 0 Å². The first-order chi connectivity index (χ1) is 54.8. The lowest BCUT2D eigenvalue weighted by Gasteiger charge is -2.30. The SMILES string of the molecule is CC(C)C[C@H](NC(=O)[C@@H](NC(=O)[C@H](CCC(=O)O)NC(=O)[C@H](CCC(N)=O)NC(=O)[C@@H](NC(=O)[C@H](Cc1c[nH]cn1)NC(=O)[C@H](CCC(=O)O)NC(=O)[C@H](CC(N)=O)NC(=O)[C@@H](N)CO)[C@@H](C)O)C(C)C)C(=O)N[C@@H](CC(N)=O)C(=O)N[C@@H](CCC(N)=O)C(=O)N[C@H](C(=O)N[C@H](C(=O)N[C@@H](C)C(=O)N[C@@H](CC(=O)O)C(=O)O)C(C)C)[C@@H](C)O. The molecule has 1 rings (SSSR count). The van der Waals surface area contributed by atoms with E-state index in [9.17, 15) is 136 Å². The predicted octanol–water partition coefficient (Wildman–Crippen LogP) is -12.2. The number of carbonyl (C=O) groups excluding carboxylic acids is 18. The molecule has 50 nitrogen and oxygen atoms in total. The van der Waals surface area contributed by atoms with Crippen molar-refractivity contribution in [2.45, 2.75) is 249 Å². The number of nitrogens with two attached hydrogens (primary N) is 5. The van der Waals surface area contributed by atoms with Crippen molar-refractivity contribution in [2.75, 3.05) is 6.61 Å². The smallest absolute Gasteiger partial charge is 0.326 e.